The fraction of sp³-hybridized carbons (Fsp3) is 0.261. The molecule has 1 heterocycles. The molecule has 0 unspecified atom stereocenters. The molecule has 0 saturated heterocycles. The first-order valence-corrected chi connectivity index (χ1v) is 10.8. The number of carbonyl (C=O) groups is 1. The van der Waals surface area contributed by atoms with Crippen molar-refractivity contribution in [2.75, 3.05) is 0 Å². The standard InChI is InChI=1S/C23H24BrN3O3/c1-2-3-4-7-13-27-19-12-6-5-11-18(19)21(28)20(23(27)30)22(29)26-25-15-16-9-8-10-17(24)14-16/h5-6,8-12,14-15,28H,2-4,7,13H2,1H3,(H,26,29)/b25-15-. The highest BCUT2D eigenvalue weighted by atomic mass is 79.9. The number of hydrogen-bond acceptors (Lipinski definition) is 4. The molecule has 1 aromatic heterocycles. The quantitative estimate of drug-likeness (QED) is 0.282. The number of para-hydroxylation sites is 1. The molecule has 0 aliphatic carbocycles. The number of fused-ring (bicyclic) bond motifs is 1. The Balaban J connectivity index is 1.92. The first kappa shape index (κ1) is 21.8. The zero-order valence-electron chi connectivity index (χ0n) is 16.8. The smallest absolute Gasteiger partial charge is 0.280 e. The number of nitrogens with one attached hydrogen (secondary N) is 1. The molecule has 1 amide bonds. The number of aryl methyl sites for hydroxylation is 1. The molecule has 2 aromatic carbocycles. The molecule has 0 fully saturated rings. The van der Waals surface area contributed by atoms with E-state index < -0.39 is 11.5 Å². The van der Waals surface area contributed by atoms with Crippen molar-refractivity contribution in [2.45, 2.75) is 39.2 Å². The third-order valence-corrected chi connectivity index (χ3v) is 5.33. The van der Waals surface area contributed by atoms with Gasteiger partial charge in [-0.25, -0.2) is 5.43 Å². The summed E-state index contributed by atoms with van der Waals surface area (Å²) in [7, 11) is 0. The Morgan fingerprint density at radius 2 is 1.97 bits per heavy atom. The molecule has 0 aliphatic heterocycles. The largest absolute Gasteiger partial charge is 0.506 e. The van der Waals surface area contributed by atoms with Crippen LogP contribution in [0.3, 0.4) is 0 Å². The van der Waals surface area contributed by atoms with E-state index in [1.807, 2.05) is 30.3 Å². The minimum absolute atomic E-state index is 0.296. The number of unbranched alkanes of at least 4 members (excludes halogenated alkanes) is 3. The predicted octanol–water partition coefficient (Wildman–Crippen LogP) is 4.81. The minimum atomic E-state index is -0.739. The number of carbonyl (C=O) groups excluding carboxylic acids is 1. The third-order valence-electron chi connectivity index (χ3n) is 4.84. The van der Waals surface area contributed by atoms with Crippen molar-refractivity contribution in [1.82, 2.24) is 9.99 Å². The zero-order valence-corrected chi connectivity index (χ0v) is 18.4. The van der Waals surface area contributed by atoms with E-state index in [1.54, 1.807) is 22.8 Å². The van der Waals surface area contributed by atoms with Gasteiger partial charge in [0.15, 0.2) is 0 Å². The van der Waals surface area contributed by atoms with E-state index in [-0.39, 0.29) is 11.3 Å². The number of aromatic nitrogens is 1. The number of rotatable bonds is 8. The molecule has 7 heteroatoms. The maximum Gasteiger partial charge on any atom is 0.280 e. The highest BCUT2D eigenvalue weighted by Crippen LogP contribution is 2.26. The lowest BCUT2D eigenvalue weighted by molar-refractivity contribution is 0.0950. The van der Waals surface area contributed by atoms with Crippen LogP contribution in [0.15, 0.2) is 62.9 Å². The van der Waals surface area contributed by atoms with Gasteiger partial charge >= 0.3 is 0 Å². The Morgan fingerprint density at radius 1 is 1.17 bits per heavy atom. The molecular formula is C23H24BrN3O3. The Hall–Kier alpha value is -2.93. The summed E-state index contributed by atoms with van der Waals surface area (Å²) in [6.45, 7) is 2.61. The van der Waals surface area contributed by atoms with E-state index in [1.165, 1.54) is 6.21 Å². The van der Waals surface area contributed by atoms with Gasteiger partial charge in [0.2, 0.25) is 0 Å². The van der Waals surface area contributed by atoms with Crippen molar-refractivity contribution < 1.29 is 9.90 Å². The fourth-order valence-corrected chi connectivity index (χ4v) is 3.74. The molecule has 0 radical (unpaired) electrons. The molecule has 0 bridgehead atoms. The summed E-state index contributed by atoms with van der Waals surface area (Å²) in [6, 6.07) is 14.5. The van der Waals surface area contributed by atoms with Gasteiger partial charge in [0.1, 0.15) is 11.3 Å². The minimum Gasteiger partial charge on any atom is -0.506 e. The molecule has 0 spiro atoms. The SMILES string of the molecule is CCCCCCn1c(=O)c(C(=O)N/N=C\c2cccc(Br)c2)c(O)c2ccccc21. The molecule has 3 aromatic rings. The van der Waals surface area contributed by atoms with Crippen LogP contribution in [0.25, 0.3) is 10.9 Å². The summed E-state index contributed by atoms with van der Waals surface area (Å²) >= 11 is 3.37. The highest BCUT2D eigenvalue weighted by Gasteiger charge is 2.21. The molecule has 156 valence electrons. The lowest BCUT2D eigenvalue weighted by atomic mass is 10.1. The Morgan fingerprint density at radius 3 is 2.73 bits per heavy atom. The van der Waals surface area contributed by atoms with Gasteiger partial charge in [0.05, 0.1) is 11.7 Å². The van der Waals surface area contributed by atoms with Crippen molar-refractivity contribution >= 4 is 39.0 Å². The Kier molecular flexibility index (Phi) is 7.41. The number of hydrogen-bond donors (Lipinski definition) is 2. The van der Waals surface area contributed by atoms with Crippen molar-refractivity contribution in [3.05, 3.63) is 74.5 Å². The average Bonchev–Trinajstić information content (AvgIpc) is 2.73. The number of nitrogens with zero attached hydrogens (tertiary/aromatic N) is 2. The Labute approximate surface area is 183 Å². The number of pyridine rings is 1. The fourth-order valence-electron chi connectivity index (χ4n) is 3.32. The van der Waals surface area contributed by atoms with Gasteiger partial charge in [-0.05, 0) is 36.2 Å². The van der Waals surface area contributed by atoms with Crippen LogP contribution in [0.4, 0.5) is 0 Å². The van der Waals surface area contributed by atoms with Crippen LogP contribution >= 0.6 is 15.9 Å². The van der Waals surface area contributed by atoms with Gasteiger partial charge < -0.3 is 9.67 Å². The predicted molar refractivity (Wildman–Crippen MR) is 123 cm³/mol. The second kappa shape index (κ2) is 10.2. The lowest BCUT2D eigenvalue weighted by Gasteiger charge is -2.14. The second-order valence-electron chi connectivity index (χ2n) is 7.01. The Bertz CT molecular complexity index is 1140. The van der Waals surface area contributed by atoms with Crippen LogP contribution in [0.1, 0.15) is 48.5 Å². The van der Waals surface area contributed by atoms with Crippen LogP contribution in [0.5, 0.6) is 5.75 Å². The molecular weight excluding hydrogens is 446 g/mol. The van der Waals surface area contributed by atoms with E-state index in [4.69, 9.17) is 0 Å². The molecule has 0 atom stereocenters. The summed E-state index contributed by atoms with van der Waals surface area (Å²) in [5.74, 6) is -1.06. The maximum absolute atomic E-state index is 13.1. The first-order chi connectivity index (χ1) is 14.5. The topological polar surface area (TPSA) is 83.7 Å². The number of halogens is 1. The summed E-state index contributed by atoms with van der Waals surface area (Å²) in [5, 5.41) is 15.1. The van der Waals surface area contributed by atoms with Gasteiger partial charge in [-0.2, -0.15) is 5.10 Å². The van der Waals surface area contributed by atoms with Crippen molar-refractivity contribution in [3.8, 4) is 5.75 Å². The van der Waals surface area contributed by atoms with Crippen LogP contribution in [-0.2, 0) is 6.54 Å². The van der Waals surface area contributed by atoms with Crippen LogP contribution in [-0.4, -0.2) is 21.8 Å². The van der Waals surface area contributed by atoms with Gasteiger partial charge in [-0.3, -0.25) is 9.59 Å². The molecule has 3 rings (SSSR count). The van der Waals surface area contributed by atoms with E-state index in [0.29, 0.717) is 17.4 Å². The summed E-state index contributed by atoms with van der Waals surface area (Å²) in [6.07, 6.45) is 5.47. The number of benzene rings is 2. The number of aromatic hydroxyl groups is 1. The van der Waals surface area contributed by atoms with Crippen LogP contribution < -0.4 is 11.0 Å². The molecule has 2 N–H and O–H groups in total. The zero-order chi connectivity index (χ0) is 21.5. The van der Waals surface area contributed by atoms with E-state index in [9.17, 15) is 14.7 Å². The van der Waals surface area contributed by atoms with Gasteiger partial charge in [0, 0.05) is 16.4 Å². The van der Waals surface area contributed by atoms with E-state index in [2.05, 4.69) is 33.4 Å². The summed E-state index contributed by atoms with van der Waals surface area (Å²) in [4.78, 5) is 25.8. The normalized spacial score (nSPS) is 11.3. The average molecular weight is 470 g/mol. The molecule has 6 nitrogen and oxygen atoms in total. The van der Waals surface area contributed by atoms with Crippen molar-refractivity contribution in [2.24, 2.45) is 5.10 Å². The van der Waals surface area contributed by atoms with Gasteiger partial charge in [-0.1, -0.05) is 66.4 Å². The molecule has 0 aliphatic rings. The van der Waals surface area contributed by atoms with Crippen LogP contribution in [0.2, 0.25) is 0 Å². The van der Waals surface area contributed by atoms with Gasteiger partial charge in [-0.15, -0.1) is 0 Å². The van der Waals surface area contributed by atoms with Gasteiger partial charge in [0.25, 0.3) is 11.5 Å². The van der Waals surface area contributed by atoms with Crippen LogP contribution in [0, 0.1) is 0 Å². The summed E-state index contributed by atoms with van der Waals surface area (Å²) in [5.41, 5.74) is 2.94. The first-order valence-electron chi connectivity index (χ1n) is 9.96. The lowest BCUT2D eigenvalue weighted by Crippen LogP contribution is -2.31. The third kappa shape index (κ3) is 4.97. The van der Waals surface area contributed by atoms with E-state index >= 15 is 0 Å². The summed E-state index contributed by atoms with van der Waals surface area (Å²) < 4.78 is 2.45. The molecule has 30 heavy (non-hydrogen) atoms. The maximum atomic E-state index is 13.1. The number of hydrazone groups is 1. The molecule has 0 saturated carbocycles. The number of amides is 1. The second-order valence-corrected chi connectivity index (χ2v) is 7.93. The highest BCUT2D eigenvalue weighted by molar-refractivity contribution is 9.10. The van der Waals surface area contributed by atoms with Crippen molar-refractivity contribution in [3.63, 3.8) is 0 Å². The monoisotopic (exact) mass is 469 g/mol. The van der Waals surface area contributed by atoms with Crippen molar-refractivity contribution in [1.29, 1.82) is 0 Å². The van der Waals surface area contributed by atoms with E-state index in [0.717, 1.165) is 35.7 Å².